The summed E-state index contributed by atoms with van der Waals surface area (Å²) in [7, 11) is 0. The summed E-state index contributed by atoms with van der Waals surface area (Å²) in [6.07, 6.45) is -3.46. The number of nitrogens with one attached hydrogen (secondary N) is 1. The van der Waals surface area contributed by atoms with E-state index in [1.165, 1.54) is 0 Å². The minimum atomic E-state index is -4.31. The summed E-state index contributed by atoms with van der Waals surface area (Å²) in [5.74, 6) is 0.282. The van der Waals surface area contributed by atoms with E-state index in [0.717, 1.165) is 18.6 Å². The number of pyridine rings is 1. The molecule has 0 fully saturated rings. The highest BCUT2D eigenvalue weighted by Gasteiger charge is 2.31. The molecule has 1 aromatic heterocycles. The average molecular weight is 218 g/mol. The van der Waals surface area contributed by atoms with Gasteiger partial charge in [-0.3, -0.25) is 0 Å². The lowest BCUT2D eigenvalue weighted by atomic mass is 10.2. The van der Waals surface area contributed by atoms with Gasteiger partial charge in [0.25, 0.3) is 0 Å². The third kappa shape index (κ3) is 3.42. The second-order valence-corrected chi connectivity index (χ2v) is 3.31. The van der Waals surface area contributed by atoms with Crippen molar-refractivity contribution in [3.05, 3.63) is 23.4 Å². The zero-order valence-electron chi connectivity index (χ0n) is 8.65. The van der Waals surface area contributed by atoms with Gasteiger partial charge in [-0.25, -0.2) is 4.98 Å². The van der Waals surface area contributed by atoms with E-state index in [4.69, 9.17) is 0 Å². The van der Waals surface area contributed by atoms with Crippen LogP contribution in [0.1, 0.15) is 24.6 Å². The van der Waals surface area contributed by atoms with Gasteiger partial charge in [-0.2, -0.15) is 13.2 Å². The first-order valence-electron chi connectivity index (χ1n) is 4.73. The first-order chi connectivity index (χ1) is 6.93. The Labute approximate surface area is 86.5 Å². The zero-order valence-corrected chi connectivity index (χ0v) is 8.65. The molecule has 1 heterocycles. The highest BCUT2D eigenvalue weighted by atomic mass is 19.4. The standard InChI is InChI=1S/C10H13F3N2/c1-3-4-14-9-6-8(10(11,12)13)5-7(2)15-9/h5-6H,3-4H2,1-2H3,(H,14,15). The number of hydrogen-bond acceptors (Lipinski definition) is 2. The number of alkyl halides is 3. The fourth-order valence-electron chi connectivity index (χ4n) is 1.18. The Morgan fingerprint density at radius 1 is 1.33 bits per heavy atom. The maximum absolute atomic E-state index is 12.4. The van der Waals surface area contributed by atoms with Gasteiger partial charge in [0.05, 0.1) is 5.56 Å². The number of halogens is 3. The molecule has 0 saturated carbocycles. The number of nitrogens with zero attached hydrogens (tertiary/aromatic N) is 1. The van der Waals surface area contributed by atoms with Gasteiger partial charge in [-0.05, 0) is 25.5 Å². The summed E-state index contributed by atoms with van der Waals surface area (Å²) in [4.78, 5) is 3.97. The lowest BCUT2D eigenvalue weighted by molar-refractivity contribution is -0.137. The Morgan fingerprint density at radius 3 is 2.53 bits per heavy atom. The first kappa shape index (κ1) is 11.8. The molecule has 0 atom stereocenters. The Hall–Kier alpha value is -1.26. The summed E-state index contributed by atoms with van der Waals surface area (Å²) in [5, 5.41) is 2.84. The van der Waals surface area contributed by atoms with Crippen LogP contribution in [0.4, 0.5) is 19.0 Å². The highest BCUT2D eigenvalue weighted by Crippen LogP contribution is 2.30. The second-order valence-electron chi connectivity index (χ2n) is 3.31. The van der Waals surface area contributed by atoms with Gasteiger partial charge < -0.3 is 5.32 Å². The maximum atomic E-state index is 12.4. The predicted molar refractivity (Wildman–Crippen MR) is 52.8 cm³/mol. The monoisotopic (exact) mass is 218 g/mol. The van der Waals surface area contributed by atoms with Crippen LogP contribution in [0.3, 0.4) is 0 Å². The fourth-order valence-corrected chi connectivity index (χ4v) is 1.18. The van der Waals surface area contributed by atoms with Crippen LogP contribution in [0.15, 0.2) is 12.1 Å². The third-order valence-electron chi connectivity index (χ3n) is 1.84. The second kappa shape index (κ2) is 4.51. The van der Waals surface area contributed by atoms with Crippen molar-refractivity contribution in [1.82, 2.24) is 4.98 Å². The molecule has 15 heavy (non-hydrogen) atoms. The average Bonchev–Trinajstić information content (AvgIpc) is 2.12. The Morgan fingerprint density at radius 2 is 2.00 bits per heavy atom. The van der Waals surface area contributed by atoms with E-state index in [9.17, 15) is 13.2 Å². The molecule has 0 radical (unpaired) electrons. The van der Waals surface area contributed by atoms with Gasteiger partial charge in [0.2, 0.25) is 0 Å². The largest absolute Gasteiger partial charge is 0.416 e. The van der Waals surface area contributed by atoms with Crippen molar-refractivity contribution in [3.63, 3.8) is 0 Å². The molecule has 84 valence electrons. The molecule has 5 heteroatoms. The smallest absolute Gasteiger partial charge is 0.370 e. The van der Waals surface area contributed by atoms with Crippen LogP contribution >= 0.6 is 0 Å². The molecule has 0 bridgehead atoms. The number of rotatable bonds is 3. The Balaban J connectivity index is 2.95. The van der Waals surface area contributed by atoms with Crippen molar-refractivity contribution in [2.45, 2.75) is 26.4 Å². The van der Waals surface area contributed by atoms with Crippen molar-refractivity contribution in [2.75, 3.05) is 11.9 Å². The Kier molecular flexibility index (Phi) is 3.55. The predicted octanol–water partition coefficient (Wildman–Crippen LogP) is 3.23. The van der Waals surface area contributed by atoms with Gasteiger partial charge in [0, 0.05) is 12.2 Å². The van der Waals surface area contributed by atoms with Crippen LogP contribution in [0, 0.1) is 6.92 Å². The van der Waals surface area contributed by atoms with Crippen molar-refractivity contribution >= 4 is 5.82 Å². The SMILES string of the molecule is CCCNc1cc(C(F)(F)F)cc(C)n1. The van der Waals surface area contributed by atoms with E-state index in [-0.39, 0.29) is 5.82 Å². The minimum absolute atomic E-state index is 0.282. The number of aromatic nitrogens is 1. The minimum Gasteiger partial charge on any atom is -0.370 e. The number of anilines is 1. The molecular weight excluding hydrogens is 205 g/mol. The van der Waals surface area contributed by atoms with Crippen LogP contribution in [0.2, 0.25) is 0 Å². The van der Waals surface area contributed by atoms with Crippen LogP contribution < -0.4 is 5.32 Å². The van der Waals surface area contributed by atoms with Crippen molar-refractivity contribution in [2.24, 2.45) is 0 Å². The molecule has 0 unspecified atom stereocenters. The highest BCUT2D eigenvalue weighted by molar-refractivity contribution is 5.40. The lowest BCUT2D eigenvalue weighted by Crippen LogP contribution is -2.09. The molecule has 0 amide bonds. The van der Waals surface area contributed by atoms with E-state index < -0.39 is 11.7 Å². The molecule has 0 aromatic carbocycles. The molecule has 0 aliphatic carbocycles. The molecular formula is C10H13F3N2. The van der Waals surface area contributed by atoms with Gasteiger partial charge in [-0.15, -0.1) is 0 Å². The van der Waals surface area contributed by atoms with E-state index in [2.05, 4.69) is 10.3 Å². The molecule has 1 rings (SSSR count). The van der Waals surface area contributed by atoms with Gasteiger partial charge in [0.15, 0.2) is 0 Å². The van der Waals surface area contributed by atoms with E-state index in [1.54, 1.807) is 6.92 Å². The van der Waals surface area contributed by atoms with E-state index in [1.807, 2.05) is 6.92 Å². The number of hydrogen-bond donors (Lipinski definition) is 1. The molecule has 1 aromatic rings. The van der Waals surface area contributed by atoms with Crippen molar-refractivity contribution < 1.29 is 13.2 Å². The van der Waals surface area contributed by atoms with Crippen molar-refractivity contribution in [3.8, 4) is 0 Å². The van der Waals surface area contributed by atoms with Gasteiger partial charge >= 0.3 is 6.18 Å². The summed E-state index contributed by atoms with van der Waals surface area (Å²) in [5.41, 5.74) is -0.294. The number of aryl methyl sites for hydroxylation is 1. The normalized spacial score (nSPS) is 11.5. The first-order valence-corrected chi connectivity index (χ1v) is 4.73. The van der Waals surface area contributed by atoms with E-state index >= 15 is 0 Å². The zero-order chi connectivity index (χ0) is 11.5. The van der Waals surface area contributed by atoms with Crippen LogP contribution in [-0.2, 0) is 6.18 Å². The van der Waals surface area contributed by atoms with Gasteiger partial charge in [0.1, 0.15) is 5.82 Å². The molecule has 0 saturated heterocycles. The maximum Gasteiger partial charge on any atom is 0.416 e. The van der Waals surface area contributed by atoms with Crippen LogP contribution in [-0.4, -0.2) is 11.5 Å². The molecule has 0 aliphatic heterocycles. The lowest BCUT2D eigenvalue weighted by Gasteiger charge is -2.10. The topological polar surface area (TPSA) is 24.9 Å². The molecule has 1 N–H and O–H groups in total. The fraction of sp³-hybridized carbons (Fsp3) is 0.500. The van der Waals surface area contributed by atoms with Crippen molar-refractivity contribution in [1.29, 1.82) is 0 Å². The summed E-state index contributed by atoms with van der Waals surface area (Å²) >= 11 is 0. The van der Waals surface area contributed by atoms with Gasteiger partial charge in [-0.1, -0.05) is 6.92 Å². The quantitative estimate of drug-likeness (QED) is 0.842. The molecule has 2 nitrogen and oxygen atoms in total. The van der Waals surface area contributed by atoms with Crippen LogP contribution in [0.5, 0.6) is 0 Å². The summed E-state index contributed by atoms with van der Waals surface area (Å²) < 4.78 is 37.2. The third-order valence-corrected chi connectivity index (χ3v) is 1.84. The molecule has 0 spiro atoms. The van der Waals surface area contributed by atoms with E-state index in [0.29, 0.717) is 12.2 Å². The van der Waals surface area contributed by atoms with Crippen LogP contribution in [0.25, 0.3) is 0 Å². The Bertz CT molecular complexity index is 334. The molecule has 0 aliphatic rings. The summed E-state index contributed by atoms with van der Waals surface area (Å²) in [6.45, 7) is 4.10. The summed E-state index contributed by atoms with van der Waals surface area (Å²) in [6, 6.07) is 2.07.